The van der Waals surface area contributed by atoms with E-state index in [9.17, 15) is 9.59 Å². The molecular formula is C22H32N2O4. The number of piperidine rings is 1. The average molecular weight is 389 g/mol. The van der Waals surface area contributed by atoms with Crippen LogP contribution in [0.25, 0.3) is 0 Å². The van der Waals surface area contributed by atoms with Gasteiger partial charge in [0.1, 0.15) is 18.0 Å². The second-order valence-electron chi connectivity index (χ2n) is 8.67. The van der Waals surface area contributed by atoms with Crippen LogP contribution in [0.3, 0.4) is 0 Å². The van der Waals surface area contributed by atoms with Gasteiger partial charge in [0.05, 0.1) is 6.54 Å². The summed E-state index contributed by atoms with van der Waals surface area (Å²) < 4.78 is 11.2. The smallest absolute Gasteiger partial charge is 0.410 e. The molecule has 154 valence electrons. The van der Waals surface area contributed by atoms with Crippen molar-refractivity contribution in [3.8, 4) is 5.75 Å². The Morgan fingerprint density at radius 1 is 1.14 bits per heavy atom. The molecule has 1 heterocycles. The maximum Gasteiger partial charge on any atom is 0.410 e. The molecule has 0 saturated carbocycles. The lowest BCUT2D eigenvalue weighted by Gasteiger charge is -2.32. The first-order valence-corrected chi connectivity index (χ1v) is 10.3. The van der Waals surface area contributed by atoms with Crippen LogP contribution in [0.4, 0.5) is 4.79 Å². The Labute approximate surface area is 167 Å². The molecule has 6 heteroatoms. The molecule has 1 aliphatic carbocycles. The summed E-state index contributed by atoms with van der Waals surface area (Å²) in [4.78, 5) is 26.1. The SMILES string of the molecule is CC(C)(C)OC(=O)N1CCC(C(=O)NCCOc2ccc3c(c2)CCC3)CC1. The van der Waals surface area contributed by atoms with Gasteiger partial charge in [0.15, 0.2) is 0 Å². The van der Waals surface area contributed by atoms with Gasteiger partial charge in [-0.1, -0.05) is 6.07 Å². The van der Waals surface area contributed by atoms with Crippen molar-refractivity contribution in [3.05, 3.63) is 29.3 Å². The molecule has 0 atom stereocenters. The fourth-order valence-electron chi connectivity index (χ4n) is 3.78. The molecule has 0 aromatic heterocycles. The molecular weight excluding hydrogens is 356 g/mol. The first-order chi connectivity index (χ1) is 13.3. The standard InChI is InChI=1S/C22H32N2O4/c1-22(2,3)28-21(26)24-12-9-17(10-13-24)20(25)23-11-14-27-19-8-7-16-5-4-6-18(16)15-19/h7-8,15,17H,4-6,9-14H2,1-3H3,(H,23,25). The molecule has 0 unspecified atom stereocenters. The zero-order valence-electron chi connectivity index (χ0n) is 17.3. The van der Waals surface area contributed by atoms with E-state index in [1.807, 2.05) is 26.8 Å². The highest BCUT2D eigenvalue weighted by Gasteiger charge is 2.29. The van der Waals surface area contributed by atoms with Crippen LogP contribution in [-0.4, -0.2) is 48.7 Å². The number of carbonyl (C=O) groups is 2. The molecule has 2 aliphatic rings. The topological polar surface area (TPSA) is 67.9 Å². The van der Waals surface area contributed by atoms with Crippen molar-refractivity contribution in [1.82, 2.24) is 10.2 Å². The summed E-state index contributed by atoms with van der Waals surface area (Å²) in [7, 11) is 0. The van der Waals surface area contributed by atoms with Crippen molar-refractivity contribution in [2.45, 2.75) is 58.5 Å². The van der Waals surface area contributed by atoms with Crippen molar-refractivity contribution in [1.29, 1.82) is 0 Å². The van der Waals surface area contributed by atoms with Gasteiger partial charge in [-0.2, -0.15) is 0 Å². The third-order valence-electron chi connectivity index (χ3n) is 5.26. The lowest BCUT2D eigenvalue weighted by atomic mass is 9.96. The first-order valence-electron chi connectivity index (χ1n) is 10.3. The lowest BCUT2D eigenvalue weighted by molar-refractivity contribution is -0.126. The fraction of sp³-hybridized carbons (Fsp3) is 0.636. The summed E-state index contributed by atoms with van der Waals surface area (Å²) in [5.41, 5.74) is 2.32. The van der Waals surface area contributed by atoms with E-state index in [2.05, 4.69) is 17.4 Å². The van der Waals surface area contributed by atoms with E-state index in [4.69, 9.17) is 9.47 Å². The predicted octanol–water partition coefficient (Wildman–Crippen LogP) is 3.32. The summed E-state index contributed by atoms with van der Waals surface area (Å²) >= 11 is 0. The second-order valence-corrected chi connectivity index (χ2v) is 8.67. The highest BCUT2D eigenvalue weighted by Crippen LogP contribution is 2.26. The number of hydrogen-bond acceptors (Lipinski definition) is 4. The lowest BCUT2D eigenvalue weighted by Crippen LogP contribution is -2.45. The molecule has 6 nitrogen and oxygen atoms in total. The number of carbonyl (C=O) groups excluding carboxylic acids is 2. The van der Waals surface area contributed by atoms with Crippen LogP contribution in [0.5, 0.6) is 5.75 Å². The van der Waals surface area contributed by atoms with Crippen molar-refractivity contribution < 1.29 is 19.1 Å². The van der Waals surface area contributed by atoms with Crippen LogP contribution in [0.1, 0.15) is 51.2 Å². The Bertz CT molecular complexity index is 703. The van der Waals surface area contributed by atoms with E-state index in [-0.39, 0.29) is 17.9 Å². The number of hydrogen-bond donors (Lipinski definition) is 1. The van der Waals surface area contributed by atoms with E-state index in [1.54, 1.807) is 4.90 Å². The van der Waals surface area contributed by atoms with Crippen LogP contribution in [0, 0.1) is 5.92 Å². The van der Waals surface area contributed by atoms with Gasteiger partial charge in [-0.3, -0.25) is 4.79 Å². The van der Waals surface area contributed by atoms with E-state index in [1.165, 1.54) is 24.0 Å². The minimum absolute atomic E-state index is 0.0430. The average Bonchev–Trinajstić information content (AvgIpc) is 3.11. The predicted molar refractivity (Wildman–Crippen MR) is 108 cm³/mol. The van der Waals surface area contributed by atoms with Crippen LogP contribution < -0.4 is 10.1 Å². The molecule has 1 N–H and O–H groups in total. The molecule has 1 saturated heterocycles. The molecule has 1 fully saturated rings. The minimum Gasteiger partial charge on any atom is -0.492 e. The highest BCUT2D eigenvalue weighted by atomic mass is 16.6. The van der Waals surface area contributed by atoms with E-state index < -0.39 is 5.60 Å². The number of likely N-dealkylation sites (tertiary alicyclic amines) is 1. The third-order valence-corrected chi connectivity index (χ3v) is 5.26. The number of fused-ring (bicyclic) bond motifs is 1. The van der Waals surface area contributed by atoms with Gasteiger partial charge < -0.3 is 19.7 Å². The maximum absolute atomic E-state index is 12.4. The monoisotopic (exact) mass is 388 g/mol. The summed E-state index contributed by atoms with van der Waals surface area (Å²) in [6.45, 7) is 7.63. The molecule has 2 amide bonds. The Morgan fingerprint density at radius 3 is 2.57 bits per heavy atom. The van der Waals surface area contributed by atoms with Gasteiger partial charge >= 0.3 is 6.09 Å². The second kappa shape index (κ2) is 8.84. The van der Waals surface area contributed by atoms with Crippen molar-refractivity contribution in [3.63, 3.8) is 0 Å². The van der Waals surface area contributed by atoms with Gasteiger partial charge in [-0.25, -0.2) is 4.79 Å². The molecule has 28 heavy (non-hydrogen) atoms. The number of nitrogens with one attached hydrogen (secondary N) is 1. The molecule has 0 spiro atoms. The number of amides is 2. The zero-order valence-corrected chi connectivity index (χ0v) is 17.3. The van der Waals surface area contributed by atoms with Crippen molar-refractivity contribution >= 4 is 12.0 Å². The molecule has 1 aromatic rings. The number of aryl methyl sites for hydroxylation is 2. The van der Waals surface area contributed by atoms with Gasteiger partial charge in [-0.05, 0) is 76.1 Å². The van der Waals surface area contributed by atoms with E-state index in [0.29, 0.717) is 39.1 Å². The quantitative estimate of drug-likeness (QED) is 0.786. The van der Waals surface area contributed by atoms with Crippen LogP contribution in [0.2, 0.25) is 0 Å². The van der Waals surface area contributed by atoms with E-state index >= 15 is 0 Å². The summed E-state index contributed by atoms with van der Waals surface area (Å²) in [5, 5.41) is 2.96. The Hall–Kier alpha value is -2.24. The largest absolute Gasteiger partial charge is 0.492 e. The maximum atomic E-state index is 12.4. The van der Waals surface area contributed by atoms with Gasteiger partial charge in [0.25, 0.3) is 0 Å². The fourth-order valence-corrected chi connectivity index (χ4v) is 3.78. The Balaban J connectivity index is 1.34. The van der Waals surface area contributed by atoms with Crippen molar-refractivity contribution in [2.75, 3.05) is 26.2 Å². The van der Waals surface area contributed by atoms with Crippen molar-refractivity contribution in [2.24, 2.45) is 5.92 Å². The number of nitrogens with zero attached hydrogens (tertiary/aromatic N) is 1. The molecule has 1 aliphatic heterocycles. The molecule has 1 aromatic carbocycles. The van der Waals surface area contributed by atoms with E-state index in [0.717, 1.165) is 12.2 Å². The molecule has 0 bridgehead atoms. The van der Waals surface area contributed by atoms with Gasteiger partial charge in [0, 0.05) is 19.0 Å². The minimum atomic E-state index is -0.496. The normalized spacial score (nSPS) is 17.2. The van der Waals surface area contributed by atoms with Gasteiger partial charge in [0.2, 0.25) is 5.91 Å². The Morgan fingerprint density at radius 2 is 1.86 bits per heavy atom. The van der Waals surface area contributed by atoms with Crippen LogP contribution in [0.15, 0.2) is 18.2 Å². The summed E-state index contributed by atoms with van der Waals surface area (Å²) in [6, 6.07) is 6.28. The molecule has 3 rings (SSSR count). The first kappa shape index (κ1) is 20.5. The zero-order chi connectivity index (χ0) is 20.1. The summed E-state index contributed by atoms with van der Waals surface area (Å²) in [6.07, 6.45) is 4.55. The number of ether oxygens (including phenoxy) is 2. The number of benzene rings is 1. The van der Waals surface area contributed by atoms with Gasteiger partial charge in [-0.15, -0.1) is 0 Å². The van der Waals surface area contributed by atoms with Crippen LogP contribution in [-0.2, 0) is 22.4 Å². The van der Waals surface area contributed by atoms with Crippen LogP contribution >= 0.6 is 0 Å². The molecule has 0 radical (unpaired) electrons. The summed E-state index contributed by atoms with van der Waals surface area (Å²) in [5.74, 6) is 0.862. The number of rotatable bonds is 5. The Kier molecular flexibility index (Phi) is 6.47. The highest BCUT2D eigenvalue weighted by molar-refractivity contribution is 5.79. The third kappa shape index (κ3) is 5.63.